The third kappa shape index (κ3) is 3.11. The number of carbonyl (C=O) groups excluding carboxylic acids is 1. The van der Waals surface area contributed by atoms with Gasteiger partial charge in [0.1, 0.15) is 5.02 Å². The van der Waals surface area contributed by atoms with Gasteiger partial charge in [0.2, 0.25) is 5.91 Å². The number of carbonyl (C=O) groups is 1. The number of nitrogens with zero attached hydrogens (tertiary/aromatic N) is 4. The lowest BCUT2D eigenvalue weighted by Gasteiger charge is -2.27. The molecule has 1 atom stereocenters. The zero-order chi connectivity index (χ0) is 15.5. The molecule has 0 N–H and O–H groups in total. The molecule has 3 heterocycles. The standard InChI is InChI=1S/C15H21ClN4O2/c1-22-15-17-10-12(16)14(18-15)19-7-2-4-11(6-9-19)20-8-3-5-13(20)21/h10-11H,2-9H2,1H3. The Morgan fingerprint density at radius 1 is 1.27 bits per heavy atom. The predicted octanol–water partition coefficient (Wildman–Crippen LogP) is 2.12. The summed E-state index contributed by atoms with van der Waals surface area (Å²) in [5.74, 6) is 1.03. The lowest BCUT2D eigenvalue weighted by atomic mass is 10.1. The van der Waals surface area contributed by atoms with Crippen LogP contribution in [0.4, 0.5) is 5.82 Å². The smallest absolute Gasteiger partial charge is 0.318 e. The largest absolute Gasteiger partial charge is 0.467 e. The minimum Gasteiger partial charge on any atom is -0.467 e. The summed E-state index contributed by atoms with van der Waals surface area (Å²) in [7, 11) is 1.55. The van der Waals surface area contributed by atoms with Crippen molar-refractivity contribution >= 4 is 23.3 Å². The Morgan fingerprint density at radius 3 is 2.86 bits per heavy atom. The molecular weight excluding hydrogens is 304 g/mol. The van der Waals surface area contributed by atoms with Gasteiger partial charge in [-0.2, -0.15) is 4.98 Å². The molecule has 1 unspecified atom stereocenters. The van der Waals surface area contributed by atoms with Crippen LogP contribution in [-0.4, -0.2) is 53.6 Å². The number of amides is 1. The van der Waals surface area contributed by atoms with Gasteiger partial charge in [-0.3, -0.25) is 4.79 Å². The number of hydrogen-bond donors (Lipinski definition) is 0. The van der Waals surface area contributed by atoms with Crippen LogP contribution in [0.2, 0.25) is 5.02 Å². The van der Waals surface area contributed by atoms with Gasteiger partial charge in [0, 0.05) is 32.1 Å². The molecule has 0 bridgehead atoms. The number of hydrogen-bond acceptors (Lipinski definition) is 5. The maximum Gasteiger partial charge on any atom is 0.318 e. The van der Waals surface area contributed by atoms with Crippen LogP contribution in [0.15, 0.2) is 6.20 Å². The van der Waals surface area contributed by atoms with Crippen LogP contribution in [0, 0.1) is 0 Å². The summed E-state index contributed by atoms with van der Waals surface area (Å²) in [6.45, 7) is 2.64. The van der Waals surface area contributed by atoms with Crippen LogP contribution in [0.5, 0.6) is 6.01 Å². The number of aromatic nitrogens is 2. The summed E-state index contributed by atoms with van der Waals surface area (Å²) in [5, 5.41) is 0.538. The molecule has 120 valence electrons. The first-order valence-corrected chi connectivity index (χ1v) is 8.18. The molecule has 2 saturated heterocycles. The summed E-state index contributed by atoms with van der Waals surface area (Å²) in [4.78, 5) is 24.6. The van der Waals surface area contributed by atoms with Gasteiger partial charge in [-0.25, -0.2) is 4.98 Å². The second kappa shape index (κ2) is 6.69. The van der Waals surface area contributed by atoms with Gasteiger partial charge in [0.05, 0.1) is 13.3 Å². The Balaban J connectivity index is 1.71. The van der Waals surface area contributed by atoms with Gasteiger partial charge in [0.15, 0.2) is 5.82 Å². The highest BCUT2D eigenvalue weighted by molar-refractivity contribution is 6.32. The SMILES string of the molecule is COc1ncc(Cl)c(N2CCCC(N3CCCC3=O)CC2)n1. The quantitative estimate of drug-likeness (QED) is 0.852. The minimum atomic E-state index is 0.306. The fourth-order valence-corrected chi connectivity index (χ4v) is 3.53. The van der Waals surface area contributed by atoms with Crippen LogP contribution in [0.25, 0.3) is 0 Å². The summed E-state index contributed by atoms with van der Waals surface area (Å²) in [6.07, 6.45) is 6.30. The molecule has 0 radical (unpaired) electrons. The van der Waals surface area contributed by atoms with Crippen molar-refractivity contribution in [2.45, 2.75) is 38.1 Å². The number of methoxy groups -OCH3 is 1. The Labute approximate surface area is 135 Å². The van der Waals surface area contributed by atoms with Crippen molar-refractivity contribution in [2.75, 3.05) is 31.6 Å². The fourth-order valence-electron chi connectivity index (χ4n) is 3.32. The molecule has 2 aliphatic rings. The second-order valence-electron chi connectivity index (χ2n) is 5.79. The van der Waals surface area contributed by atoms with Gasteiger partial charge >= 0.3 is 6.01 Å². The summed E-state index contributed by atoms with van der Waals surface area (Å²) in [6, 6.07) is 0.678. The van der Waals surface area contributed by atoms with Crippen LogP contribution in [-0.2, 0) is 4.79 Å². The van der Waals surface area contributed by atoms with Crippen molar-refractivity contribution in [3.05, 3.63) is 11.2 Å². The lowest BCUT2D eigenvalue weighted by Crippen LogP contribution is -2.37. The maximum absolute atomic E-state index is 11.9. The van der Waals surface area contributed by atoms with E-state index in [1.54, 1.807) is 13.3 Å². The molecule has 6 nitrogen and oxygen atoms in total. The van der Waals surface area contributed by atoms with Crippen molar-refractivity contribution in [2.24, 2.45) is 0 Å². The van der Waals surface area contributed by atoms with E-state index in [-0.39, 0.29) is 0 Å². The van der Waals surface area contributed by atoms with E-state index in [0.717, 1.165) is 51.1 Å². The average Bonchev–Trinajstić information content (AvgIpc) is 2.81. The van der Waals surface area contributed by atoms with E-state index in [4.69, 9.17) is 16.3 Å². The second-order valence-corrected chi connectivity index (χ2v) is 6.20. The molecule has 0 spiro atoms. The molecule has 0 aliphatic carbocycles. The molecule has 0 aromatic carbocycles. The summed E-state index contributed by atoms with van der Waals surface area (Å²) < 4.78 is 5.09. The zero-order valence-corrected chi connectivity index (χ0v) is 13.6. The molecule has 2 aliphatic heterocycles. The van der Waals surface area contributed by atoms with E-state index in [2.05, 4.69) is 19.8 Å². The van der Waals surface area contributed by atoms with E-state index >= 15 is 0 Å². The third-order valence-corrected chi connectivity index (χ3v) is 4.70. The molecule has 1 amide bonds. The number of anilines is 1. The molecule has 1 aromatic heterocycles. The molecule has 1 aromatic rings. The van der Waals surface area contributed by atoms with Crippen molar-refractivity contribution < 1.29 is 9.53 Å². The normalized spacial score (nSPS) is 22.8. The summed E-state index contributed by atoms with van der Waals surface area (Å²) in [5.41, 5.74) is 0. The van der Waals surface area contributed by atoms with Crippen LogP contribution in [0.3, 0.4) is 0 Å². The monoisotopic (exact) mass is 324 g/mol. The number of ether oxygens (including phenoxy) is 1. The Hall–Kier alpha value is -1.56. The van der Waals surface area contributed by atoms with Crippen molar-refractivity contribution in [3.63, 3.8) is 0 Å². The van der Waals surface area contributed by atoms with Crippen molar-refractivity contribution in [1.29, 1.82) is 0 Å². The molecule has 7 heteroatoms. The Morgan fingerprint density at radius 2 is 2.14 bits per heavy atom. The van der Waals surface area contributed by atoms with Gasteiger partial charge in [-0.05, 0) is 25.7 Å². The number of halogens is 1. The van der Waals surface area contributed by atoms with E-state index < -0.39 is 0 Å². The third-order valence-electron chi connectivity index (χ3n) is 4.43. The van der Waals surface area contributed by atoms with Crippen molar-refractivity contribution in [1.82, 2.24) is 14.9 Å². The topological polar surface area (TPSA) is 58.6 Å². The first kappa shape index (κ1) is 15.3. The number of rotatable bonds is 3. The summed E-state index contributed by atoms with van der Waals surface area (Å²) >= 11 is 6.24. The molecule has 2 fully saturated rings. The van der Waals surface area contributed by atoms with Crippen LogP contribution < -0.4 is 9.64 Å². The highest BCUT2D eigenvalue weighted by atomic mass is 35.5. The van der Waals surface area contributed by atoms with Gasteiger partial charge in [0.25, 0.3) is 0 Å². The van der Waals surface area contributed by atoms with E-state index in [1.165, 1.54) is 0 Å². The van der Waals surface area contributed by atoms with Crippen LogP contribution >= 0.6 is 11.6 Å². The maximum atomic E-state index is 11.9. The first-order valence-electron chi connectivity index (χ1n) is 7.80. The molecule has 0 saturated carbocycles. The first-order chi connectivity index (χ1) is 10.7. The predicted molar refractivity (Wildman–Crippen MR) is 84.4 cm³/mol. The minimum absolute atomic E-state index is 0.306. The van der Waals surface area contributed by atoms with Crippen LogP contribution in [0.1, 0.15) is 32.1 Å². The van der Waals surface area contributed by atoms with Gasteiger partial charge in [-0.1, -0.05) is 11.6 Å². The fraction of sp³-hybridized carbons (Fsp3) is 0.667. The average molecular weight is 325 g/mol. The van der Waals surface area contributed by atoms with Crippen molar-refractivity contribution in [3.8, 4) is 6.01 Å². The van der Waals surface area contributed by atoms with Gasteiger partial charge in [-0.15, -0.1) is 0 Å². The highest BCUT2D eigenvalue weighted by Gasteiger charge is 2.30. The Bertz CT molecular complexity index is 554. The highest BCUT2D eigenvalue weighted by Crippen LogP contribution is 2.28. The van der Waals surface area contributed by atoms with E-state index in [0.29, 0.717) is 29.4 Å². The van der Waals surface area contributed by atoms with E-state index in [9.17, 15) is 4.79 Å². The molecule has 3 rings (SSSR count). The van der Waals surface area contributed by atoms with Gasteiger partial charge < -0.3 is 14.5 Å². The van der Waals surface area contributed by atoms with E-state index in [1.807, 2.05) is 0 Å². The Kier molecular flexibility index (Phi) is 4.66. The number of likely N-dealkylation sites (tertiary alicyclic amines) is 1. The lowest BCUT2D eigenvalue weighted by molar-refractivity contribution is -0.129. The molecule has 22 heavy (non-hydrogen) atoms. The molecular formula is C15H21ClN4O2. The zero-order valence-electron chi connectivity index (χ0n) is 12.8.